The van der Waals surface area contributed by atoms with Gasteiger partial charge in [-0.25, -0.2) is 4.98 Å². The smallest absolute Gasteiger partial charge is 0.221 e. The molecule has 4 N–H and O–H groups in total. The minimum absolute atomic E-state index is 0.180. The highest BCUT2D eigenvalue weighted by Gasteiger charge is 2.17. The second-order valence-electron chi connectivity index (χ2n) is 6.33. The van der Waals surface area contributed by atoms with Gasteiger partial charge in [-0.05, 0) is 41.3 Å². The van der Waals surface area contributed by atoms with Crippen molar-refractivity contribution >= 4 is 34.7 Å². The van der Waals surface area contributed by atoms with Crippen molar-refractivity contribution in [3.8, 4) is 16.2 Å². The Morgan fingerprint density at radius 1 is 1.19 bits per heavy atom. The molecule has 3 aromatic rings. The summed E-state index contributed by atoms with van der Waals surface area (Å²) in [6.45, 7) is 4.31. The van der Waals surface area contributed by atoms with Crippen LogP contribution in [0.1, 0.15) is 36.5 Å². The standard InChI is InChI=1S/C19H21ClN4OS/c1-10(2)13-8-15(25-3)14(16-4-5-17(20)26-16)7-11(13)6-12-9-23-19(22)24-18(12)21/h4-5,7-10H,6H2,1-3H3,(H4,21,22,23,24). The fraction of sp³-hybridized carbons (Fsp3) is 0.263. The molecular weight excluding hydrogens is 368 g/mol. The number of methoxy groups -OCH3 is 1. The van der Waals surface area contributed by atoms with Crippen molar-refractivity contribution in [1.29, 1.82) is 0 Å². The molecule has 0 fully saturated rings. The van der Waals surface area contributed by atoms with Crippen LogP contribution in [0.2, 0.25) is 4.34 Å². The van der Waals surface area contributed by atoms with Gasteiger partial charge in [0.15, 0.2) is 0 Å². The van der Waals surface area contributed by atoms with Gasteiger partial charge in [0.1, 0.15) is 11.6 Å². The molecule has 1 aromatic carbocycles. The third-order valence-corrected chi connectivity index (χ3v) is 5.48. The number of hydrogen-bond donors (Lipinski definition) is 2. The minimum Gasteiger partial charge on any atom is -0.496 e. The number of aromatic nitrogens is 2. The number of nitrogen functional groups attached to an aromatic ring is 2. The summed E-state index contributed by atoms with van der Waals surface area (Å²) in [6.07, 6.45) is 2.31. The monoisotopic (exact) mass is 388 g/mol. The van der Waals surface area contributed by atoms with E-state index < -0.39 is 0 Å². The van der Waals surface area contributed by atoms with Gasteiger partial charge in [0.2, 0.25) is 5.95 Å². The number of anilines is 2. The molecule has 0 radical (unpaired) electrons. The predicted octanol–water partition coefficient (Wildman–Crippen LogP) is 4.75. The van der Waals surface area contributed by atoms with E-state index in [1.165, 1.54) is 16.9 Å². The maximum Gasteiger partial charge on any atom is 0.221 e. The third kappa shape index (κ3) is 3.76. The second-order valence-corrected chi connectivity index (χ2v) is 8.04. The molecule has 0 amide bonds. The molecule has 0 saturated carbocycles. The fourth-order valence-electron chi connectivity index (χ4n) is 2.93. The van der Waals surface area contributed by atoms with Crippen LogP contribution in [0.5, 0.6) is 5.75 Å². The van der Waals surface area contributed by atoms with Gasteiger partial charge in [0.05, 0.1) is 11.4 Å². The van der Waals surface area contributed by atoms with Crippen LogP contribution >= 0.6 is 22.9 Å². The molecule has 0 atom stereocenters. The second kappa shape index (κ2) is 7.51. The average Bonchev–Trinajstić information content (AvgIpc) is 3.03. The maximum atomic E-state index is 6.13. The zero-order chi connectivity index (χ0) is 18.8. The third-order valence-electron chi connectivity index (χ3n) is 4.22. The maximum absolute atomic E-state index is 6.13. The van der Waals surface area contributed by atoms with E-state index in [9.17, 15) is 0 Å². The van der Waals surface area contributed by atoms with Crippen LogP contribution in [-0.2, 0) is 6.42 Å². The molecule has 0 unspecified atom stereocenters. The molecule has 0 spiro atoms. The van der Waals surface area contributed by atoms with E-state index in [4.69, 9.17) is 27.8 Å². The zero-order valence-corrected chi connectivity index (χ0v) is 16.5. The summed E-state index contributed by atoms with van der Waals surface area (Å²) in [7, 11) is 1.68. The van der Waals surface area contributed by atoms with E-state index in [2.05, 4.69) is 35.9 Å². The number of halogens is 1. The number of nitrogens with zero attached hydrogens (tertiary/aromatic N) is 2. The average molecular weight is 389 g/mol. The van der Waals surface area contributed by atoms with Crippen LogP contribution in [0.3, 0.4) is 0 Å². The normalized spacial score (nSPS) is 11.1. The molecule has 136 valence electrons. The SMILES string of the molecule is COc1cc(C(C)C)c(Cc2cnc(N)nc2N)cc1-c1ccc(Cl)s1. The molecular formula is C19H21ClN4OS. The van der Waals surface area contributed by atoms with Crippen molar-refractivity contribution in [3.05, 3.63) is 51.5 Å². The van der Waals surface area contributed by atoms with Gasteiger partial charge in [-0.2, -0.15) is 4.98 Å². The highest BCUT2D eigenvalue weighted by Crippen LogP contribution is 2.40. The Bertz CT molecular complexity index is 939. The Kier molecular flexibility index (Phi) is 5.34. The van der Waals surface area contributed by atoms with Gasteiger partial charge in [-0.3, -0.25) is 0 Å². The van der Waals surface area contributed by atoms with E-state index in [0.29, 0.717) is 18.2 Å². The summed E-state index contributed by atoms with van der Waals surface area (Å²) in [6, 6.07) is 8.14. The van der Waals surface area contributed by atoms with Crippen LogP contribution in [0.25, 0.3) is 10.4 Å². The number of nitrogens with two attached hydrogens (primary N) is 2. The van der Waals surface area contributed by atoms with Gasteiger partial charge in [0.25, 0.3) is 0 Å². The molecule has 5 nitrogen and oxygen atoms in total. The van der Waals surface area contributed by atoms with Crippen LogP contribution in [0.4, 0.5) is 11.8 Å². The quantitative estimate of drug-likeness (QED) is 0.658. The van der Waals surface area contributed by atoms with Gasteiger partial charge in [-0.1, -0.05) is 25.4 Å². The van der Waals surface area contributed by atoms with Crippen LogP contribution < -0.4 is 16.2 Å². The lowest BCUT2D eigenvalue weighted by atomic mass is 9.91. The largest absolute Gasteiger partial charge is 0.496 e. The lowest BCUT2D eigenvalue weighted by Crippen LogP contribution is -2.06. The lowest BCUT2D eigenvalue weighted by Gasteiger charge is -2.18. The summed E-state index contributed by atoms with van der Waals surface area (Å²) in [5.41, 5.74) is 15.9. The first-order chi connectivity index (χ1) is 12.4. The van der Waals surface area contributed by atoms with Crippen LogP contribution in [0, 0.1) is 0 Å². The fourth-order valence-corrected chi connectivity index (χ4v) is 3.99. The van der Waals surface area contributed by atoms with Gasteiger partial charge in [0, 0.05) is 28.6 Å². The van der Waals surface area contributed by atoms with Gasteiger partial charge < -0.3 is 16.2 Å². The van der Waals surface area contributed by atoms with E-state index in [1.54, 1.807) is 13.3 Å². The Morgan fingerprint density at radius 3 is 2.54 bits per heavy atom. The van der Waals surface area contributed by atoms with E-state index >= 15 is 0 Å². The van der Waals surface area contributed by atoms with Crippen molar-refractivity contribution in [2.75, 3.05) is 18.6 Å². The molecule has 3 rings (SSSR count). The van der Waals surface area contributed by atoms with E-state index in [1.807, 2.05) is 12.1 Å². The summed E-state index contributed by atoms with van der Waals surface area (Å²) in [5.74, 6) is 1.75. The molecule has 7 heteroatoms. The molecule has 0 aliphatic rings. The van der Waals surface area contributed by atoms with Gasteiger partial charge in [-0.15, -0.1) is 11.3 Å². The van der Waals surface area contributed by atoms with Crippen LogP contribution in [-0.4, -0.2) is 17.1 Å². The Morgan fingerprint density at radius 2 is 1.96 bits per heavy atom. The Hall–Kier alpha value is -2.31. The predicted molar refractivity (Wildman–Crippen MR) is 109 cm³/mol. The first kappa shape index (κ1) is 18.5. The van der Waals surface area contributed by atoms with Gasteiger partial charge >= 0.3 is 0 Å². The highest BCUT2D eigenvalue weighted by molar-refractivity contribution is 7.19. The molecule has 0 saturated heterocycles. The van der Waals surface area contributed by atoms with Crippen LogP contribution in [0.15, 0.2) is 30.5 Å². The molecule has 0 aliphatic heterocycles. The topological polar surface area (TPSA) is 87.0 Å². The highest BCUT2D eigenvalue weighted by atomic mass is 35.5. The zero-order valence-electron chi connectivity index (χ0n) is 14.9. The van der Waals surface area contributed by atoms with E-state index in [0.717, 1.165) is 31.7 Å². The summed E-state index contributed by atoms with van der Waals surface area (Å²) >= 11 is 7.65. The first-order valence-electron chi connectivity index (χ1n) is 8.22. The lowest BCUT2D eigenvalue weighted by molar-refractivity contribution is 0.415. The number of ether oxygens (including phenoxy) is 1. The first-order valence-corrected chi connectivity index (χ1v) is 9.41. The summed E-state index contributed by atoms with van der Waals surface area (Å²) < 4.78 is 6.39. The van der Waals surface area contributed by atoms with Crippen molar-refractivity contribution < 1.29 is 4.74 Å². The number of thiophene rings is 1. The van der Waals surface area contributed by atoms with Crippen molar-refractivity contribution in [1.82, 2.24) is 9.97 Å². The molecule has 0 aliphatic carbocycles. The Balaban J connectivity index is 2.12. The molecule has 2 aromatic heterocycles. The van der Waals surface area contributed by atoms with Crippen molar-refractivity contribution in [3.63, 3.8) is 0 Å². The van der Waals surface area contributed by atoms with Crippen molar-refractivity contribution in [2.45, 2.75) is 26.2 Å². The Labute approximate surface area is 162 Å². The van der Waals surface area contributed by atoms with Crippen molar-refractivity contribution in [2.24, 2.45) is 0 Å². The molecule has 2 heterocycles. The van der Waals surface area contributed by atoms with E-state index in [-0.39, 0.29) is 5.95 Å². The number of hydrogen-bond acceptors (Lipinski definition) is 6. The molecule has 26 heavy (non-hydrogen) atoms. The number of benzene rings is 1. The molecule has 0 bridgehead atoms. The summed E-state index contributed by atoms with van der Waals surface area (Å²) in [4.78, 5) is 9.20. The number of rotatable bonds is 5. The minimum atomic E-state index is 0.180. The summed E-state index contributed by atoms with van der Waals surface area (Å²) in [5, 5.41) is 0.